The fourth-order valence-electron chi connectivity index (χ4n) is 6.49. The summed E-state index contributed by atoms with van der Waals surface area (Å²) >= 11 is 0. The lowest BCUT2D eigenvalue weighted by atomic mass is 9.80. The number of carbonyl (C=O) groups excluding carboxylic acids is 3. The minimum atomic E-state index is -1.11. The summed E-state index contributed by atoms with van der Waals surface area (Å²) in [5, 5.41) is 23.7. The van der Waals surface area contributed by atoms with Gasteiger partial charge in [0.05, 0.1) is 29.3 Å². The van der Waals surface area contributed by atoms with Crippen molar-refractivity contribution in [3.05, 3.63) is 29.5 Å². The van der Waals surface area contributed by atoms with E-state index in [1.807, 2.05) is 25.5 Å². The number of nitrogens with one attached hydrogen (secondary N) is 2. The number of nitrogens with zero attached hydrogens (tertiary/aromatic N) is 2. The zero-order valence-corrected chi connectivity index (χ0v) is 31.7. The molecule has 2 amide bonds. The Morgan fingerprint density at radius 1 is 1.02 bits per heavy atom. The van der Waals surface area contributed by atoms with Gasteiger partial charge in [0, 0.05) is 57.7 Å². The number of alkyl carbamates (subject to hydrolysis) is 1. The highest BCUT2D eigenvalue weighted by atomic mass is 16.7. The van der Waals surface area contributed by atoms with Crippen LogP contribution in [0.15, 0.2) is 18.2 Å². The Balaban J connectivity index is 1.83. The Labute approximate surface area is 298 Å². The smallest absolute Gasteiger partial charge is 0.410 e. The maximum atomic E-state index is 13.5. The van der Waals surface area contributed by atoms with E-state index in [2.05, 4.69) is 42.7 Å². The van der Waals surface area contributed by atoms with Crippen LogP contribution in [0.1, 0.15) is 91.8 Å². The zero-order valence-electron chi connectivity index (χ0n) is 31.7. The molecule has 1 fully saturated rings. The molecule has 1 aliphatic heterocycles. The van der Waals surface area contributed by atoms with Crippen molar-refractivity contribution >= 4 is 28.9 Å². The molecule has 0 radical (unpaired) electrons. The van der Waals surface area contributed by atoms with Crippen LogP contribution in [0.25, 0.3) is 10.9 Å². The first kappa shape index (κ1) is 41.2. The van der Waals surface area contributed by atoms with Gasteiger partial charge < -0.3 is 34.7 Å². The lowest BCUT2D eigenvalue weighted by Crippen LogP contribution is -2.49. The second-order valence-electron chi connectivity index (χ2n) is 14.8. The van der Waals surface area contributed by atoms with E-state index in [0.29, 0.717) is 32.7 Å². The third-order valence-electron chi connectivity index (χ3n) is 9.72. The van der Waals surface area contributed by atoms with Gasteiger partial charge in [-0.3, -0.25) is 14.3 Å². The van der Waals surface area contributed by atoms with E-state index in [0.717, 1.165) is 48.0 Å². The Morgan fingerprint density at radius 2 is 1.72 bits per heavy atom. The number of fused-ring (bicyclic) bond motifs is 1. The van der Waals surface area contributed by atoms with Gasteiger partial charge in [-0.25, -0.2) is 4.79 Å². The molecule has 1 aromatic heterocycles. The van der Waals surface area contributed by atoms with E-state index in [1.165, 1.54) is 6.92 Å². The number of aromatic nitrogens is 2. The van der Waals surface area contributed by atoms with Crippen molar-refractivity contribution in [2.24, 2.45) is 29.6 Å². The Bertz CT molecular complexity index is 1370. The molecule has 50 heavy (non-hydrogen) atoms. The second-order valence-corrected chi connectivity index (χ2v) is 14.8. The van der Waals surface area contributed by atoms with Gasteiger partial charge in [0.25, 0.3) is 0 Å². The van der Waals surface area contributed by atoms with Crippen LogP contribution in [0.2, 0.25) is 0 Å². The largest absolute Gasteiger partial charge is 0.425 e. The number of aliphatic hydroxyl groups is 1. The molecular formula is C38H62N4O8. The number of ether oxygens (including phenoxy) is 4. The quantitative estimate of drug-likeness (QED) is 0.0974. The number of carbonyl (C=O) groups is 3. The molecule has 3 rings (SSSR count). The summed E-state index contributed by atoms with van der Waals surface area (Å²) in [6.07, 6.45) is 0.706. The normalized spacial score (nSPS) is 17.1. The zero-order chi connectivity index (χ0) is 37.0. The average Bonchev–Trinajstić information content (AvgIpc) is 3.36. The molecule has 3 N–H and O–H groups in total. The maximum Gasteiger partial charge on any atom is 0.410 e. The summed E-state index contributed by atoms with van der Waals surface area (Å²) in [5.41, 5.74) is 3.17. The monoisotopic (exact) mass is 702 g/mol. The number of esters is 1. The van der Waals surface area contributed by atoms with Gasteiger partial charge in [-0.05, 0) is 74.8 Å². The van der Waals surface area contributed by atoms with Crippen molar-refractivity contribution in [2.75, 3.05) is 26.9 Å². The number of hydrogen-bond donors (Lipinski definition) is 3. The fourth-order valence-corrected chi connectivity index (χ4v) is 6.49. The molecule has 1 aliphatic rings. The van der Waals surface area contributed by atoms with Gasteiger partial charge in [0.15, 0.2) is 0 Å². The molecule has 0 aliphatic carbocycles. The third-order valence-corrected chi connectivity index (χ3v) is 9.72. The van der Waals surface area contributed by atoms with Crippen molar-refractivity contribution in [1.29, 1.82) is 0 Å². The van der Waals surface area contributed by atoms with Crippen molar-refractivity contribution in [1.82, 2.24) is 20.4 Å². The Hall–Kier alpha value is -3.22. The highest BCUT2D eigenvalue weighted by Gasteiger charge is 2.34. The third kappa shape index (κ3) is 12.5. The Kier molecular flexibility index (Phi) is 16.5. The molecule has 2 heterocycles. The molecule has 12 heteroatoms. The molecule has 2 aromatic rings. The highest BCUT2D eigenvalue weighted by Crippen LogP contribution is 2.29. The average molecular weight is 703 g/mol. The van der Waals surface area contributed by atoms with Gasteiger partial charge in [0.1, 0.15) is 0 Å². The summed E-state index contributed by atoms with van der Waals surface area (Å²) in [7, 11) is 1.70. The van der Waals surface area contributed by atoms with Crippen LogP contribution < -0.4 is 10.6 Å². The molecule has 0 spiro atoms. The number of benzene rings is 1. The first-order valence-electron chi connectivity index (χ1n) is 18.4. The van der Waals surface area contributed by atoms with Crippen molar-refractivity contribution < 1.29 is 38.4 Å². The standard InChI is InChI=1S/C38H62N4O8/c1-23(2)29(19-28-11-12-31-26(7)41-42(34(31)20-28)15-10-16-47-9)21-33(40-38(46)50-27(8)49-37(45)25(5)6)35(43)22-32(24(3)4)36(44)39-30-13-17-48-18-14-30/h11-12,20,23-25,27,29-30,32-33,35,43H,10,13-19,21-22H2,1-9H3,(H,39,44)(H,40,46). The van der Waals surface area contributed by atoms with E-state index >= 15 is 0 Å². The summed E-state index contributed by atoms with van der Waals surface area (Å²) in [6, 6.07) is 5.73. The second kappa shape index (κ2) is 20.0. The molecule has 5 unspecified atom stereocenters. The summed E-state index contributed by atoms with van der Waals surface area (Å²) in [6.45, 7) is 17.7. The molecular weight excluding hydrogens is 640 g/mol. The number of amides is 2. The van der Waals surface area contributed by atoms with E-state index in [9.17, 15) is 19.5 Å². The summed E-state index contributed by atoms with van der Waals surface area (Å²) < 4.78 is 23.4. The molecule has 5 atom stereocenters. The van der Waals surface area contributed by atoms with Crippen LogP contribution in [-0.2, 0) is 41.5 Å². The minimum absolute atomic E-state index is 0.0383. The van der Waals surface area contributed by atoms with Crippen molar-refractivity contribution in [2.45, 2.75) is 125 Å². The maximum absolute atomic E-state index is 13.5. The van der Waals surface area contributed by atoms with E-state index in [1.54, 1.807) is 21.0 Å². The molecule has 12 nitrogen and oxygen atoms in total. The Morgan fingerprint density at radius 3 is 2.34 bits per heavy atom. The molecule has 1 aromatic carbocycles. The number of methoxy groups -OCH3 is 1. The van der Waals surface area contributed by atoms with E-state index < -0.39 is 36.4 Å². The van der Waals surface area contributed by atoms with Crippen LogP contribution in [0.5, 0.6) is 0 Å². The van der Waals surface area contributed by atoms with Crippen LogP contribution >= 0.6 is 0 Å². The van der Waals surface area contributed by atoms with Crippen molar-refractivity contribution in [3.63, 3.8) is 0 Å². The molecule has 282 valence electrons. The fraction of sp³-hybridized carbons (Fsp3) is 0.737. The number of rotatable bonds is 19. The predicted molar refractivity (Wildman–Crippen MR) is 192 cm³/mol. The lowest BCUT2D eigenvalue weighted by molar-refractivity contribution is -0.168. The van der Waals surface area contributed by atoms with Gasteiger partial charge in [-0.15, -0.1) is 0 Å². The van der Waals surface area contributed by atoms with E-state index in [4.69, 9.17) is 24.0 Å². The van der Waals surface area contributed by atoms with Crippen LogP contribution in [0.4, 0.5) is 4.79 Å². The van der Waals surface area contributed by atoms with Gasteiger partial charge in [-0.1, -0.05) is 53.7 Å². The van der Waals surface area contributed by atoms with Crippen LogP contribution in [-0.4, -0.2) is 84.3 Å². The van der Waals surface area contributed by atoms with Gasteiger partial charge >= 0.3 is 12.1 Å². The minimum Gasteiger partial charge on any atom is -0.425 e. The summed E-state index contributed by atoms with van der Waals surface area (Å²) in [4.78, 5) is 38.8. The van der Waals surface area contributed by atoms with Crippen LogP contribution in [0, 0.1) is 36.5 Å². The lowest BCUT2D eigenvalue weighted by Gasteiger charge is -2.33. The molecule has 0 saturated carbocycles. The van der Waals surface area contributed by atoms with E-state index in [-0.39, 0.29) is 42.0 Å². The number of aryl methyl sites for hydroxylation is 2. The van der Waals surface area contributed by atoms with Gasteiger partial charge in [-0.2, -0.15) is 5.10 Å². The number of aliphatic hydroxyl groups excluding tert-OH is 1. The first-order valence-corrected chi connectivity index (χ1v) is 18.4. The van der Waals surface area contributed by atoms with Crippen LogP contribution in [0.3, 0.4) is 0 Å². The first-order chi connectivity index (χ1) is 23.7. The molecule has 0 bridgehead atoms. The SMILES string of the molecule is COCCCn1nc(C)c2ccc(CC(CC(NC(=O)OC(C)OC(=O)C(C)C)C(O)CC(C(=O)NC3CCOCC3)C(C)C)C(C)C)cc21. The number of hydrogen-bond acceptors (Lipinski definition) is 9. The van der Waals surface area contributed by atoms with Gasteiger partial charge in [0.2, 0.25) is 12.2 Å². The van der Waals surface area contributed by atoms with Crippen molar-refractivity contribution in [3.8, 4) is 0 Å². The molecule has 1 saturated heterocycles. The topological polar surface area (TPSA) is 150 Å². The highest BCUT2D eigenvalue weighted by molar-refractivity contribution is 5.82. The predicted octanol–water partition coefficient (Wildman–Crippen LogP) is 5.54. The summed E-state index contributed by atoms with van der Waals surface area (Å²) in [5.74, 6) is -1.22.